The van der Waals surface area contributed by atoms with Crippen molar-refractivity contribution >= 4 is 5.97 Å². The highest BCUT2D eigenvalue weighted by Crippen LogP contribution is 1.86. The summed E-state index contributed by atoms with van der Waals surface area (Å²) < 4.78 is 14.9. The Balaban J connectivity index is 2.95. The quantitative estimate of drug-likeness (QED) is 0.328. The third-order valence-electron chi connectivity index (χ3n) is 1.36. The van der Waals surface area contributed by atoms with Crippen LogP contribution < -0.4 is 0 Å². The van der Waals surface area contributed by atoms with Crippen LogP contribution in [0.3, 0.4) is 0 Å². The molecule has 1 N–H and O–H groups in total. The summed E-state index contributed by atoms with van der Waals surface area (Å²) in [6.07, 6.45) is 0.0363. The van der Waals surface area contributed by atoms with Crippen LogP contribution in [0, 0.1) is 0 Å². The van der Waals surface area contributed by atoms with Crippen LogP contribution >= 0.6 is 0 Å². The van der Waals surface area contributed by atoms with Crippen LogP contribution in [0.2, 0.25) is 0 Å². The molecule has 0 aromatic heterocycles. The first-order valence-electron chi connectivity index (χ1n) is 4.30. The lowest BCUT2D eigenvalue weighted by Crippen LogP contribution is -2.11. The van der Waals surface area contributed by atoms with Crippen molar-refractivity contribution in [3.8, 4) is 0 Å². The fourth-order valence-electron chi connectivity index (χ4n) is 0.665. The monoisotopic (exact) mass is 208 g/mol. The number of rotatable bonds is 9. The van der Waals surface area contributed by atoms with Crippen LogP contribution in [-0.2, 0) is 23.9 Å². The van der Waals surface area contributed by atoms with E-state index in [-0.39, 0.29) is 13.0 Å². The van der Waals surface area contributed by atoms with Crippen molar-refractivity contribution in [1.82, 2.24) is 0 Å². The lowest BCUT2D eigenvalue weighted by atomic mass is 10.5. The molecule has 0 saturated heterocycles. The molecule has 0 rings (SSSR count). The molecule has 0 spiro atoms. The fourth-order valence-corrected chi connectivity index (χ4v) is 0.665. The van der Waals surface area contributed by atoms with Crippen LogP contribution in [-0.4, -0.2) is 51.4 Å². The van der Waals surface area contributed by atoms with Crippen molar-refractivity contribution in [2.75, 3.05) is 40.1 Å². The van der Waals surface area contributed by atoms with E-state index >= 15 is 0 Å². The summed E-state index contributed by atoms with van der Waals surface area (Å²) in [6.45, 7) is 2.16. The molecule has 0 aromatic rings. The van der Waals surface area contributed by atoms with Gasteiger partial charge in [-0.15, -0.1) is 0 Å². The molecule has 0 fully saturated rings. The minimum absolute atomic E-state index is 0.0363. The second-order valence-electron chi connectivity index (χ2n) is 2.43. The standard InChI is InChI=1S/C8H16O6/c1-11-4-5-13-7-6-12-3-2-8(9)14-10/h10H,2-7H2,1H3. The highest BCUT2D eigenvalue weighted by Gasteiger charge is 2.00. The Hall–Kier alpha value is -0.690. The Morgan fingerprint density at radius 2 is 1.64 bits per heavy atom. The molecule has 0 amide bonds. The van der Waals surface area contributed by atoms with Crippen LogP contribution in [0.5, 0.6) is 0 Å². The summed E-state index contributed by atoms with van der Waals surface area (Å²) in [7, 11) is 1.60. The topological polar surface area (TPSA) is 74.2 Å². The molecule has 0 bridgehead atoms. The highest BCUT2D eigenvalue weighted by atomic mass is 17.1. The number of carbonyl (C=O) groups excluding carboxylic acids is 1. The molecule has 0 unspecified atom stereocenters. The van der Waals surface area contributed by atoms with Crippen LogP contribution in [0.25, 0.3) is 0 Å². The van der Waals surface area contributed by atoms with E-state index in [1.165, 1.54) is 0 Å². The largest absolute Gasteiger partial charge is 0.382 e. The lowest BCUT2D eigenvalue weighted by molar-refractivity contribution is -0.235. The first kappa shape index (κ1) is 13.3. The van der Waals surface area contributed by atoms with Gasteiger partial charge in [-0.3, -0.25) is 0 Å². The van der Waals surface area contributed by atoms with Crippen LogP contribution in [0.15, 0.2) is 0 Å². The lowest BCUT2D eigenvalue weighted by Gasteiger charge is -2.04. The molecule has 84 valence electrons. The Morgan fingerprint density at radius 1 is 1.07 bits per heavy atom. The number of ether oxygens (including phenoxy) is 3. The summed E-state index contributed by atoms with van der Waals surface area (Å²) in [5.74, 6) is -0.703. The average Bonchev–Trinajstić information content (AvgIpc) is 2.21. The van der Waals surface area contributed by atoms with Crippen molar-refractivity contribution < 1.29 is 29.1 Å². The fraction of sp³-hybridized carbons (Fsp3) is 0.875. The molecule has 0 aliphatic heterocycles. The van der Waals surface area contributed by atoms with Gasteiger partial charge < -0.3 is 19.1 Å². The predicted molar refractivity (Wildman–Crippen MR) is 46.9 cm³/mol. The molecule has 0 aliphatic rings. The molecule has 0 aromatic carbocycles. The zero-order valence-electron chi connectivity index (χ0n) is 8.23. The molecular formula is C8H16O6. The summed E-state index contributed by atoms with van der Waals surface area (Å²) in [5.41, 5.74) is 0. The van der Waals surface area contributed by atoms with E-state index in [1.807, 2.05) is 0 Å². The van der Waals surface area contributed by atoms with Gasteiger partial charge in [0.15, 0.2) is 0 Å². The van der Waals surface area contributed by atoms with E-state index in [0.29, 0.717) is 26.4 Å². The van der Waals surface area contributed by atoms with E-state index in [0.717, 1.165) is 0 Å². The average molecular weight is 208 g/mol. The normalized spacial score (nSPS) is 10.1. The zero-order valence-corrected chi connectivity index (χ0v) is 8.23. The number of hydrogen-bond acceptors (Lipinski definition) is 6. The summed E-state index contributed by atoms with van der Waals surface area (Å²) in [5, 5.41) is 7.89. The van der Waals surface area contributed by atoms with Crippen molar-refractivity contribution in [2.24, 2.45) is 0 Å². The maximum atomic E-state index is 10.4. The van der Waals surface area contributed by atoms with Gasteiger partial charge in [0, 0.05) is 7.11 Å². The van der Waals surface area contributed by atoms with E-state index < -0.39 is 5.97 Å². The van der Waals surface area contributed by atoms with Gasteiger partial charge in [-0.1, -0.05) is 0 Å². The first-order chi connectivity index (χ1) is 6.81. The molecule has 0 heterocycles. The maximum Gasteiger partial charge on any atom is 0.344 e. The van der Waals surface area contributed by atoms with E-state index in [4.69, 9.17) is 19.5 Å². The van der Waals surface area contributed by atoms with Crippen molar-refractivity contribution in [2.45, 2.75) is 6.42 Å². The predicted octanol–water partition coefficient (Wildman–Crippen LogP) is 0.0723. The van der Waals surface area contributed by atoms with Gasteiger partial charge in [0.1, 0.15) is 0 Å². The minimum atomic E-state index is -0.703. The summed E-state index contributed by atoms with van der Waals surface area (Å²) in [4.78, 5) is 13.8. The zero-order chi connectivity index (χ0) is 10.6. The van der Waals surface area contributed by atoms with Crippen LogP contribution in [0.4, 0.5) is 0 Å². The van der Waals surface area contributed by atoms with Gasteiger partial charge in [-0.25, -0.2) is 4.79 Å². The van der Waals surface area contributed by atoms with E-state index in [9.17, 15) is 4.79 Å². The number of hydrogen-bond donors (Lipinski definition) is 1. The van der Waals surface area contributed by atoms with Gasteiger partial charge in [-0.05, 0) is 0 Å². The van der Waals surface area contributed by atoms with Crippen molar-refractivity contribution in [3.05, 3.63) is 0 Å². The van der Waals surface area contributed by atoms with E-state index in [2.05, 4.69) is 4.89 Å². The Kier molecular flexibility index (Phi) is 9.88. The third kappa shape index (κ3) is 9.40. The second-order valence-corrected chi connectivity index (χ2v) is 2.43. The van der Waals surface area contributed by atoms with Gasteiger partial charge in [-0.2, -0.15) is 5.26 Å². The van der Waals surface area contributed by atoms with Crippen molar-refractivity contribution in [3.63, 3.8) is 0 Å². The summed E-state index contributed by atoms with van der Waals surface area (Å²) in [6, 6.07) is 0. The maximum absolute atomic E-state index is 10.4. The Labute approximate surface area is 82.6 Å². The third-order valence-corrected chi connectivity index (χ3v) is 1.36. The minimum Gasteiger partial charge on any atom is -0.382 e. The molecule has 0 saturated carbocycles. The summed E-state index contributed by atoms with van der Waals surface area (Å²) >= 11 is 0. The molecule has 0 radical (unpaired) electrons. The number of carbonyl (C=O) groups is 1. The van der Waals surface area contributed by atoms with Gasteiger partial charge in [0.05, 0.1) is 39.5 Å². The SMILES string of the molecule is COCCOCCOCCC(=O)OO. The van der Waals surface area contributed by atoms with Gasteiger partial charge in [0.2, 0.25) is 0 Å². The highest BCUT2D eigenvalue weighted by molar-refractivity contribution is 5.68. The molecule has 0 aliphatic carbocycles. The molecule has 6 nitrogen and oxygen atoms in total. The Bertz CT molecular complexity index is 138. The van der Waals surface area contributed by atoms with Crippen molar-refractivity contribution in [1.29, 1.82) is 0 Å². The molecular weight excluding hydrogens is 192 g/mol. The molecule has 14 heavy (non-hydrogen) atoms. The van der Waals surface area contributed by atoms with Gasteiger partial charge >= 0.3 is 5.97 Å². The Morgan fingerprint density at radius 3 is 2.21 bits per heavy atom. The smallest absolute Gasteiger partial charge is 0.344 e. The number of methoxy groups -OCH3 is 1. The molecule has 0 atom stereocenters. The van der Waals surface area contributed by atoms with E-state index in [1.54, 1.807) is 7.11 Å². The van der Waals surface area contributed by atoms with Crippen LogP contribution in [0.1, 0.15) is 6.42 Å². The van der Waals surface area contributed by atoms with Gasteiger partial charge in [0.25, 0.3) is 0 Å². The second kappa shape index (κ2) is 10.4. The first-order valence-corrected chi connectivity index (χ1v) is 4.30. The molecule has 6 heteroatoms.